The predicted molar refractivity (Wildman–Crippen MR) is 63.8 cm³/mol. The van der Waals surface area contributed by atoms with Crippen molar-refractivity contribution in [2.45, 2.75) is 4.90 Å². The zero-order chi connectivity index (χ0) is 12.9. The molecular weight excluding hydrogens is 244 g/mol. The minimum Gasteiger partial charge on any atom is -0.497 e. The Morgan fingerprint density at radius 2 is 2.00 bits per heavy atom. The smallest absolute Gasteiger partial charge is 0.244 e. The number of sulfonamides is 1. The van der Waals surface area contributed by atoms with Gasteiger partial charge in [0.15, 0.2) is 0 Å². The third kappa shape index (κ3) is 3.32. The van der Waals surface area contributed by atoms with Crippen LogP contribution in [0.2, 0.25) is 0 Å². The maximum Gasteiger partial charge on any atom is 0.244 e. The molecule has 0 aliphatic rings. The van der Waals surface area contributed by atoms with Gasteiger partial charge in [0, 0.05) is 19.2 Å². The van der Waals surface area contributed by atoms with Gasteiger partial charge in [0.2, 0.25) is 10.0 Å². The van der Waals surface area contributed by atoms with E-state index in [1.807, 2.05) is 0 Å². The van der Waals surface area contributed by atoms with Gasteiger partial charge >= 0.3 is 0 Å². The third-order valence-electron chi connectivity index (χ3n) is 2.10. The van der Waals surface area contributed by atoms with Crippen molar-refractivity contribution in [2.75, 3.05) is 27.3 Å². The van der Waals surface area contributed by atoms with E-state index in [1.165, 1.54) is 26.4 Å². The summed E-state index contributed by atoms with van der Waals surface area (Å²) in [6, 6.07) is 4.49. The molecule has 0 heterocycles. The highest BCUT2D eigenvalue weighted by Crippen LogP contribution is 2.27. The zero-order valence-corrected chi connectivity index (χ0v) is 10.6. The number of hydrogen-bond acceptors (Lipinski definition) is 5. The summed E-state index contributed by atoms with van der Waals surface area (Å²) in [5, 5.41) is 0. The first-order chi connectivity index (χ1) is 8.05. The lowest BCUT2D eigenvalue weighted by Gasteiger charge is -2.11. The lowest BCUT2D eigenvalue weighted by atomic mass is 10.3. The van der Waals surface area contributed by atoms with Crippen molar-refractivity contribution in [1.82, 2.24) is 4.72 Å². The lowest BCUT2D eigenvalue weighted by Crippen LogP contribution is -2.29. The minimum atomic E-state index is -3.60. The zero-order valence-electron chi connectivity index (χ0n) is 9.76. The fourth-order valence-electron chi connectivity index (χ4n) is 1.27. The number of nitrogens with two attached hydrogens (primary N) is 1. The van der Waals surface area contributed by atoms with E-state index in [1.54, 1.807) is 6.07 Å². The molecule has 0 aliphatic heterocycles. The van der Waals surface area contributed by atoms with Crippen molar-refractivity contribution >= 4 is 10.0 Å². The molecule has 0 bridgehead atoms. The number of nitrogens with one attached hydrogen (secondary N) is 1. The van der Waals surface area contributed by atoms with E-state index in [9.17, 15) is 8.42 Å². The van der Waals surface area contributed by atoms with Crippen LogP contribution < -0.4 is 19.9 Å². The quantitative estimate of drug-likeness (QED) is 0.748. The van der Waals surface area contributed by atoms with E-state index in [2.05, 4.69) is 4.72 Å². The van der Waals surface area contributed by atoms with Crippen LogP contribution in [0.3, 0.4) is 0 Å². The van der Waals surface area contributed by atoms with Crippen molar-refractivity contribution in [2.24, 2.45) is 5.73 Å². The highest BCUT2D eigenvalue weighted by Gasteiger charge is 2.19. The second-order valence-electron chi connectivity index (χ2n) is 3.20. The van der Waals surface area contributed by atoms with Crippen molar-refractivity contribution in [3.8, 4) is 11.5 Å². The van der Waals surface area contributed by atoms with E-state index < -0.39 is 10.0 Å². The van der Waals surface area contributed by atoms with Gasteiger partial charge in [-0.1, -0.05) is 0 Å². The Bertz CT molecular complexity index is 473. The molecule has 0 radical (unpaired) electrons. The number of benzene rings is 1. The van der Waals surface area contributed by atoms with Gasteiger partial charge in [-0.2, -0.15) is 0 Å². The molecule has 0 atom stereocenters. The van der Waals surface area contributed by atoms with Crippen molar-refractivity contribution in [1.29, 1.82) is 0 Å². The molecule has 6 nitrogen and oxygen atoms in total. The Balaban J connectivity index is 3.12. The standard InChI is InChI=1S/C10H16N2O4S/c1-15-8-3-4-10(9(7-8)16-2)17(13,14)12-6-5-11/h3-4,7,12H,5-6,11H2,1-2H3. The van der Waals surface area contributed by atoms with Gasteiger partial charge in [-0.3, -0.25) is 0 Å². The minimum absolute atomic E-state index is 0.0641. The van der Waals surface area contributed by atoms with E-state index in [0.29, 0.717) is 5.75 Å². The second-order valence-corrected chi connectivity index (χ2v) is 4.94. The predicted octanol–water partition coefficient (Wildman–Crippen LogP) is -0.0592. The van der Waals surface area contributed by atoms with Crippen LogP contribution in [0, 0.1) is 0 Å². The van der Waals surface area contributed by atoms with E-state index in [0.717, 1.165) is 0 Å². The van der Waals surface area contributed by atoms with Gasteiger partial charge < -0.3 is 15.2 Å². The maximum absolute atomic E-state index is 11.9. The summed E-state index contributed by atoms with van der Waals surface area (Å²) in [5.41, 5.74) is 5.25. The van der Waals surface area contributed by atoms with Gasteiger partial charge in [-0.15, -0.1) is 0 Å². The van der Waals surface area contributed by atoms with Gasteiger partial charge in [0.05, 0.1) is 14.2 Å². The molecule has 1 aromatic rings. The highest BCUT2D eigenvalue weighted by atomic mass is 32.2. The van der Waals surface area contributed by atoms with Gasteiger partial charge in [0.1, 0.15) is 16.4 Å². The van der Waals surface area contributed by atoms with Gasteiger partial charge in [0.25, 0.3) is 0 Å². The molecule has 17 heavy (non-hydrogen) atoms. The molecule has 0 amide bonds. The first-order valence-electron chi connectivity index (χ1n) is 4.97. The summed E-state index contributed by atoms with van der Waals surface area (Å²) >= 11 is 0. The Labute approximate surface area is 101 Å². The van der Waals surface area contributed by atoms with Crippen molar-refractivity contribution in [3.05, 3.63) is 18.2 Å². The van der Waals surface area contributed by atoms with E-state index >= 15 is 0 Å². The molecule has 0 spiro atoms. The molecule has 1 aromatic carbocycles. The number of rotatable bonds is 6. The molecule has 0 aliphatic carbocycles. The molecule has 0 saturated carbocycles. The molecule has 1 rings (SSSR count). The molecule has 3 N–H and O–H groups in total. The molecule has 96 valence electrons. The average molecular weight is 260 g/mol. The number of ether oxygens (including phenoxy) is 2. The Hall–Kier alpha value is -1.31. The first-order valence-corrected chi connectivity index (χ1v) is 6.45. The van der Waals surface area contributed by atoms with Crippen LogP contribution in [-0.4, -0.2) is 35.7 Å². The van der Waals surface area contributed by atoms with Crippen molar-refractivity contribution < 1.29 is 17.9 Å². The normalized spacial score (nSPS) is 11.2. The van der Waals surface area contributed by atoms with Crippen LogP contribution in [0.5, 0.6) is 11.5 Å². The van der Waals surface area contributed by atoms with Crippen LogP contribution in [0.15, 0.2) is 23.1 Å². The Morgan fingerprint density at radius 3 is 2.53 bits per heavy atom. The monoisotopic (exact) mass is 260 g/mol. The summed E-state index contributed by atoms with van der Waals surface area (Å²) in [7, 11) is -0.706. The molecule has 7 heteroatoms. The van der Waals surface area contributed by atoms with Gasteiger partial charge in [-0.05, 0) is 12.1 Å². The second kappa shape index (κ2) is 5.85. The van der Waals surface area contributed by atoms with Crippen LogP contribution in [-0.2, 0) is 10.0 Å². The summed E-state index contributed by atoms with van der Waals surface area (Å²) < 4.78 is 36.1. The molecular formula is C10H16N2O4S. The summed E-state index contributed by atoms with van der Waals surface area (Å²) in [5.74, 6) is 0.758. The first kappa shape index (κ1) is 13.8. The number of hydrogen-bond donors (Lipinski definition) is 2. The SMILES string of the molecule is COc1ccc(S(=O)(=O)NCCN)c(OC)c1. The fraction of sp³-hybridized carbons (Fsp3) is 0.400. The van der Waals surface area contributed by atoms with E-state index in [4.69, 9.17) is 15.2 Å². The average Bonchev–Trinajstić information content (AvgIpc) is 2.35. The van der Waals surface area contributed by atoms with Gasteiger partial charge in [-0.25, -0.2) is 13.1 Å². The van der Waals surface area contributed by atoms with E-state index in [-0.39, 0.29) is 23.7 Å². The summed E-state index contributed by atoms with van der Waals surface area (Å²) in [6.07, 6.45) is 0. The molecule has 0 fully saturated rings. The Kier molecular flexibility index (Phi) is 4.73. The highest BCUT2D eigenvalue weighted by molar-refractivity contribution is 7.89. The molecule has 0 unspecified atom stereocenters. The fourth-order valence-corrected chi connectivity index (χ4v) is 2.46. The van der Waals surface area contributed by atoms with Crippen LogP contribution in [0.4, 0.5) is 0 Å². The number of methoxy groups -OCH3 is 2. The molecule has 0 saturated heterocycles. The largest absolute Gasteiger partial charge is 0.497 e. The van der Waals surface area contributed by atoms with Crippen LogP contribution in [0.25, 0.3) is 0 Å². The van der Waals surface area contributed by atoms with Crippen molar-refractivity contribution in [3.63, 3.8) is 0 Å². The summed E-state index contributed by atoms with van der Waals surface area (Å²) in [4.78, 5) is 0.0641. The summed E-state index contributed by atoms with van der Waals surface area (Å²) in [6.45, 7) is 0.412. The van der Waals surface area contributed by atoms with Crippen LogP contribution >= 0.6 is 0 Å². The topological polar surface area (TPSA) is 90.7 Å². The molecule has 0 aromatic heterocycles. The Morgan fingerprint density at radius 1 is 1.29 bits per heavy atom. The lowest BCUT2D eigenvalue weighted by molar-refractivity contribution is 0.386. The van der Waals surface area contributed by atoms with Crippen LogP contribution in [0.1, 0.15) is 0 Å². The third-order valence-corrected chi connectivity index (χ3v) is 3.60. The maximum atomic E-state index is 11.9.